The van der Waals surface area contributed by atoms with Crippen LogP contribution in [0.1, 0.15) is 51.4 Å². The third-order valence-corrected chi connectivity index (χ3v) is 5.60. The number of urea groups is 1. The third-order valence-electron chi connectivity index (χ3n) is 5.60. The van der Waals surface area contributed by atoms with Gasteiger partial charge in [-0.3, -0.25) is 14.5 Å². The second-order valence-corrected chi connectivity index (χ2v) is 7.10. The van der Waals surface area contributed by atoms with E-state index in [9.17, 15) is 14.4 Å². The smallest absolute Gasteiger partial charge is 0.325 e. The molecule has 2 aliphatic heterocycles. The van der Waals surface area contributed by atoms with E-state index in [0.717, 1.165) is 51.6 Å². The normalized spacial score (nSPS) is 24.0. The Balaban J connectivity index is 1.44. The van der Waals surface area contributed by atoms with Crippen LogP contribution in [0.2, 0.25) is 0 Å². The van der Waals surface area contributed by atoms with E-state index in [-0.39, 0.29) is 23.9 Å². The monoisotopic (exact) mass is 337 g/mol. The maximum atomic E-state index is 12.5. The zero-order chi connectivity index (χ0) is 17.2. The number of methoxy groups -OCH3 is 1. The van der Waals surface area contributed by atoms with Gasteiger partial charge in [0.05, 0.1) is 6.10 Å². The number of hydrogen-bond acceptors (Lipinski definition) is 4. The second kappa shape index (κ2) is 7.09. The minimum Gasteiger partial charge on any atom is -0.381 e. The number of rotatable bonds is 5. The maximum Gasteiger partial charge on any atom is 0.325 e. The standard InChI is InChI=1S/C17H27N3O4/c1-24-13-6-11-19(12-7-13)14(21)5-4-10-20-15(22)17(18-16(20)23)8-2-3-9-17/h13H,2-12H2,1H3,(H,18,23). The molecule has 4 amide bonds. The molecular weight excluding hydrogens is 310 g/mol. The van der Waals surface area contributed by atoms with Crippen molar-refractivity contribution < 1.29 is 19.1 Å². The topological polar surface area (TPSA) is 79.0 Å². The SMILES string of the molecule is COC1CCN(C(=O)CCCN2C(=O)NC3(CCCC3)C2=O)CC1. The highest BCUT2D eigenvalue weighted by Crippen LogP contribution is 2.35. The van der Waals surface area contributed by atoms with Gasteiger partial charge in [-0.15, -0.1) is 0 Å². The van der Waals surface area contributed by atoms with Gasteiger partial charge in [-0.1, -0.05) is 12.8 Å². The minimum absolute atomic E-state index is 0.0987. The van der Waals surface area contributed by atoms with Crippen LogP contribution >= 0.6 is 0 Å². The first-order valence-corrected chi connectivity index (χ1v) is 9.00. The van der Waals surface area contributed by atoms with Crippen LogP contribution in [-0.2, 0) is 14.3 Å². The largest absolute Gasteiger partial charge is 0.381 e. The number of nitrogens with zero attached hydrogens (tertiary/aromatic N) is 2. The minimum atomic E-state index is -0.650. The molecule has 3 aliphatic rings. The highest BCUT2D eigenvalue weighted by molar-refractivity contribution is 6.07. The number of imide groups is 1. The van der Waals surface area contributed by atoms with Crippen molar-refractivity contribution in [3.63, 3.8) is 0 Å². The van der Waals surface area contributed by atoms with E-state index in [1.807, 2.05) is 4.90 Å². The van der Waals surface area contributed by atoms with E-state index < -0.39 is 5.54 Å². The Bertz CT molecular complexity index is 508. The molecule has 0 bridgehead atoms. The quantitative estimate of drug-likeness (QED) is 0.766. The number of ether oxygens (including phenoxy) is 1. The molecule has 7 heteroatoms. The van der Waals surface area contributed by atoms with Gasteiger partial charge in [0.25, 0.3) is 5.91 Å². The number of amides is 4. The Morgan fingerprint density at radius 2 is 1.92 bits per heavy atom. The van der Waals surface area contributed by atoms with Gasteiger partial charge in [0.15, 0.2) is 0 Å². The predicted octanol–water partition coefficient (Wildman–Crippen LogP) is 1.27. The zero-order valence-corrected chi connectivity index (χ0v) is 14.4. The van der Waals surface area contributed by atoms with Gasteiger partial charge in [-0.05, 0) is 32.1 Å². The van der Waals surface area contributed by atoms with Crippen LogP contribution in [0.25, 0.3) is 0 Å². The molecule has 0 unspecified atom stereocenters. The molecule has 0 aromatic heterocycles. The Morgan fingerprint density at radius 1 is 1.25 bits per heavy atom. The lowest BCUT2D eigenvalue weighted by Gasteiger charge is -2.31. The molecule has 3 fully saturated rings. The average molecular weight is 337 g/mol. The summed E-state index contributed by atoms with van der Waals surface area (Å²) in [5, 5.41) is 2.87. The molecule has 0 atom stereocenters. The molecule has 7 nitrogen and oxygen atoms in total. The van der Waals surface area contributed by atoms with Crippen molar-refractivity contribution in [2.45, 2.75) is 63.0 Å². The van der Waals surface area contributed by atoms with Crippen molar-refractivity contribution in [3.05, 3.63) is 0 Å². The lowest BCUT2D eigenvalue weighted by Crippen LogP contribution is -2.44. The third kappa shape index (κ3) is 3.27. The van der Waals surface area contributed by atoms with Crippen molar-refractivity contribution in [3.8, 4) is 0 Å². The lowest BCUT2D eigenvalue weighted by molar-refractivity contribution is -0.135. The zero-order valence-electron chi connectivity index (χ0n) is 14.4. The number of hydrogen-bond donors (Lipinski definition) is 1. The number of piperidine rings is 1. The van der Waals surface area contributed by atoms with Crippen LogP contribution in [-0.4, -0.2) is 66.0 Å². The number of carbonyl (C=O) groups excluding carboxylic acids is 3. The van der Waals surface area contributed by atoms with Crippen LogP contribution in [0.15, 0.2) is 0 Å². The average Bonchev–Trinajstić information content (AvgIpc) is 3.15. The van der Waals surface area contributed by atoms with Gasteiger partial charge in [0, 0.05) is 33.2 Å². The fraction of sp³-hybridized carbons (Fsp3) is 0.824. The molecule has 1 saturated carbocycles. The van der Waals surface area contributed by atoms with Crippen molar-refractivity contribution in [2.75, 3.05) is 26.7 Å². The number of likely N-dealkylation sites (tertiary alicyclic amines) is 1. The van der Waals surface area contributed by atoms with Crippen molar-refractivity contribution in [1.29, 1.82) is 0 Å². The lowest BCUT2D eigenvalue weighted by atomic mass is 9.98. The highest BCUT2D eigenvalue weighted by atomic mass is 16.5. The van der Waals surface area contributed by atoms with Crippen molar-refractivity contribution in [2.24, 2.45) is 0 Å². The van der Waals surface area contributed by atoms with E-state index in [0.29, 0.717) is 19.4 Å². The first-order valence-electron chi connectivity index (χ1n) is 9.00. The van der Waals surface area contributed by atoms with E-state index in [1.54, 1.807) is 7.11 Å². The molecule has 1 aliphatic carbocycles. The summed E-state index contributed by atoms with van der Waals surface area (Å²) in [5.41, 5.74) is -0.650. The molecule has 24 heavy (non-hydrogen) atoms. The molecular formula is C17H27N3O4. The van der Waals surface area contributed by atoms with E-state index >= 15 is 0 Å². The van der Waals surface area contributed by atoms with Crippen LogP contribution < -0.4 is 5.32 Å². The fourth-order valence-corrected chi connectivity index (χ4v) is 4.08. The van der Waals surface area contributed by atoms with Gasteiger partial charge < -0.3 is 15.0 Å². The molecule has 2 saturated heterocycles. The molecule has 1 N–H and O–H groups in total. The van der Waals surface area contributed by atoms with E-state index in [4.69, 9.17) is 4.74 Å². The summed E-state index contributed by atoms with van der Waals surface area (Å²) >= 11 is 0. The van der Waals surface area contributed by atoms with Gasteiger partial charge in [-0.2, -0.15) is 0 Å². The van der Waals surface area contributed by atoms with Crippen molar-refractivity contribution >= 4 is 17.8 Å². The molecule has 1 spiro atoms. The molecule has 0 radical (unpaired) electrons. The van der Waals surface area contributed by atoms with Crippen LogP contribution in [0.3, 0.4) is 0 Å². The molecule has 0 aromatic rings. The summed E-state index contributed by atoms with van der Waals surface area (Å²) in [6.07, 6.45) is 6.34. The second-order valence-electron chi connectivity index (χ2n) is 7.10. The summed E-state index contributed by atoms with van der Waals surface area (Å²) in [5.74, 6) is 0.00513. The Morgan fingerprint density at radius 3 is 2.54 bits per heavy atom. The summed E-state index contributed by atoms with van der Waals surface area (Å²) in [6.45, 7) is 1.78. The Kier molecular flexibility index (Phi) is 5.08. The first-order chi connectivity index (χ1) is 11.6. The van der Waals surface area contributed by atoms with Gasteiger partial charge in [0.2, 0.25) is 5.91 Å². The predicted molar refractivity (Wildman–Crippen MR) is 87.3 cm³/mol. The molecule has 0 aromatic carbocycles. The van der Waals surface area contributed by atoms with E-state index in [1.165, 1.54) is 4.90 Å². The summed E-state index contributed by atoms with van der Waals surface area (Å²) in [6, 6.07) is -0.296. The molecule has 3 rings (SSSR count). The number of carbonyl (C=O) groups is 3. The summed E-state index contributed by atoms with van der Waals surface area (Å²) < 4.78 is 5.31. The van der Waals surface area contributed by atoms with Gasteiger partial charge >= 0.3 is 6.03 Å². The molecule has 134 valence electrons. The van der Waals surface area contributed by atoms with Gasteiger partial charge in [0.1, 0.15) is 5.54 Å². The van der Waals surface area contributed by atoms with E-state index in [2.05, 4.69) is 5.32 Å². The molecule has 2 heterocycles. The summed E-state index contributed by atoms with van der Waals surface area (Å²) in [4.78, 5) is 40.0. The number of nitrogens with one attached hydrogen (secondary N) is 1. The summed E-state index contributed by atoms with van der Waals surface area (Å²) in [7, 11) is 1.71. The van der Waals surface area contributed by atoms with Crippen LogP contribution in [0.5, 0.6) is 0 Å². The van der Waals surface area contributed by atoms with Crippen molar-refractivity contribution in [1.82, 2.24) is 15.1 Å². The highest BCUT2D eigenvalue weighted by Gasteiger charge is 2.52. The van der Waals surface area contributed by atoms with Gasteiger partial charge in [-0.25, -0.2) is 4.79 Å². The first kappa shape index (κ1) is 17.2. The Labute approximate surface area is 142 Å². The van der Waals surface area contributed by atoms with Crippen LogP contribution in [0, 0.1) is 0 Å². The van der Waals surface area contributed by atoms with Crippen LogP contribution in [0.4, 0.5) is 4.79 Å². The Hall–Kier alpha value is -1.63. The fourth-order valence-electron chi connectivity index (χ4n) is 4.08. The maximum absolute atomic E-state index is 12.5.